The molecule has 0 aromatic heterocycles. The highest BCUT2D eigenvalue weighted by Crippen LogP contribution is 2.57. The first-order valence-corrected chi connectivity index (χ1v) is 9.06. The minimum Gasteiger partial charge on any atom is -0.353 e. The molecule has 0 radical (unpaired) electrons. The highest BCUT2D eigenvalue weighted by molar-refractivity contribution is 9.09. The molecule has 2 aliphatic rings. The summed E-state index contributed by atoms with van der Waals surface area (Å²) in [5, 5.41) is 0.989. The van der Waals surface area contributed by atoms with Crippen LogP contribution in [0.1, 0.15) is 46.0 Å². The van der Waals surface area contributed by atoms with Gasteiger partial charge in [-0.3, -0.25) is 0 Å². The maximum Gasteiger partial charge on any atom is 0.157 e. The minimum absolute atomic E-state index is 0.0141. The SMILES string of the molecule is CC1(COC2CCCCO2)CCC(CCl)C1(C)CBr. The Balaban J connectivity index is 1.96. The van der Waals surface area contributed by atoms with E-state index in [1.807, 2.05) is 0 Å². The summed E-state index contributed by atoms with van der Waals surface area (Å²) >= 11 is 9.87. The van der Waals surface area contributed by atoms with Crippen molar-refractivity contribution >= 4 is 27.5 Å². The Labute approximate surface area is 130 Å². The standard InChI is InChI=1S/C15H26BrClO2/c1-14(11-19-13-5-3-4-8-18-13)7-6-12(9-17)15(14,2)10-16/h12-13H,3-11H2,1-2H3. The zero-order valence-corrected chi connectivity index (χ0v) is 14.4. The summed E-state index contributed by atoms with van der Waals surface area (Å²) in [4.78, 5) is 0. The molecule has 1 saturated heterocycles. The number of alkyl halides is 2. The lowest BCUT2D eigenvalue weighted by Crippen LogP contribution is -2.43. The van der Waals surface area contributed by atoms with Crippen molar-refractivity contribution in [1.29, 1.82) is 0 Å². The quantitative estimate of drug-likeness (QED) is 0.673. The van der Waals surface area contributed by atoms with Gasteiger partial charge in [-0.15, -0.1) is 11.6 Å². The summed E-state index contributed by atoms with van der Waals surface area (Å²) < 4.78 is 11.8. The summed E-state index contributed by atoms with van der Waals surface area (Å²) in [5.74, 6) is 1.33. The number of hydrogen-bond donors (Lipinski definition) is 0. The summed E-state index contributed by atoms with van der Waals surface area (Å²) in [7, 11) is 0. The predicted molar refractivity (Wildman–Crippen MR) is 83.0 cm³/mol. The van der Waals surface area contributed by atoms with Gasteiger partial charge in [0.1, 0.15) is 0 Å². The molecule has 19 heavy (non-hydrogen) atoms. The third-order valence-corrected chi connectivity index (χ3v) is 7.05. The zero-order valence-electron chi connectivity index (χ0n) is 12.1. The third kappa shape index (κ3) is 3.14. The van der Waals surface area contributed by atoms with E-state index < -0.39 is 0 Å². The first kappa shape index (κ1) is 16.1. The van der Waals surface area contributed by atoms with Gasteiger partial charge in [0.15, 0.2) is 6.29 Å². The van der Waals surface area contributed by atoms with Crippen molar-refractivity contribution in [3.63, 3.8) is 0 Å². The molecule has 1 saturated carbocycles. The molecule has 0 amide bonds. The van der Waals surface area contributed by atoms with E-state index in [0.29, 0.717) is 5.92 Å². The first-order chi connectivity index (χ1) is 9.05. The molecule has 4 atom stereocenters. The van der Waals surface area contributed by atoms with Crippen LogP contribution in [0.5, 0.6) is 0 Å². The van der Waals surface area contributed by atoms with Crippen LogP contribution in [0.25, 0.3) is 0 Å². The van der Waals surface area contributed by atoms with Gasteiger partial charge in [-0.05, 0) is 48.9 Å². The molecule has 4 heteroatoms. The molecule has 2 rings (SSSR count). The second-order valence-electron chi connectivity index (χ2n) is 6.61. The smallest absolute Gasteiger partial charge is 0.157 e. The molecule has 2 fully saturated rings. The largest absolute Gasteiger partial charge is 0.353 e. The molecule has 0 spiro atoms. The van der Waals surface area contributed by atoms with Crippen molar-refractivity contribution in [3.8, 4) is 0 Å². The molecule has 4 unspecified atom stereocenters. The topological polar surface area (TPSA) is 18.5 Å². The van der Waals surface area contributed by atoms with Crippen LogP contribution in [0.4, 0.5) is 0 Å². The van der Waals surface area contributed by atoms with Gasteiger partial charge in [-0.2, -0.15) is 0 Å². The van der Waals surface area contributed by atoms with Crippen molar-refractivity contribution in [2.45, 2.75) is 52.2 Å². The fraction of sp³-hybridized carbons (Fsp3) is 1.00. The Morgan fingerprint density at radius 1 is 1.32 bits per heavy atom. The van der Waals surface area contributed by atoms with Crippen LogP contribution in [0.3, 0.4) is 0 Å². The fourth-order valence-electron chi connectivity index (χ4n) is 3.46. The van der Waals surface area contributed by atoms with Crippen molar-refractivity contribution in [1.82, 2.24) is 0 Å². The molecular weight excluding hydrogens is 328 g/mol. The lowest BCUT2D eigenvalue weighted by atomic mass is 9.66. The summed E-state index contributed by atoms with van der Waals surface area (Å²) in [5.41, 5.74) is 0.403. The van der Waals surface area contributed by atoms with Gasteiger partial charge < -0.3 is 9.47 Å². The molecule has 0 aromatic carbocycles. The van der Waals surface area contributed by atoms with Gasteiger partial charge in [-0.1, -0.05) is 29.8 Å². The van der Waals surface area contributed by atoms with E-state index in [4.69, 9.17) is 21.1 Å². The van der Waals surface area contributed by atoms with Crippen LogP contribution in [0.2, 0.25) is 0 Å². The van der Waals surface area contributed by atoms with E-state index in [2.05, 4.69) is 29.8 Å². The van der Waals surface area contributed by atoms with E-state index in [0.717, 1.165) is 30.8 Å². The van der Waals surface area contributed by atoms with Crippen molar-refractivity contribution < 1.29 is 9.47 Å². The van der Waals surface area contributed by atoms with Crippen LogP contribution in [0, 0.1) is 16.7 Å². The fourth-order valence-corrected chi connectivity index (χ4v) is 5.09. The normalized spacial score (nSPS) is 43.6. The summed E-state index contributed by atoms with van der Waals surface area (Å²) in [6, 6.07) is 0. The molecule has 1 heterocycles. The summed E-state index contributed by atoms with van der Waals surface area (Å²) in [6.45, 7) is 6.34. The zero-order chi connectivity index (χ0) is 13.9. The molecule has 0 aromatic rings. The Kier molecular flexibility index (Phi) is 5.61. The van der Waals surface area contributed by atoms with Crippen molar-refractivity contribution in [2.75, 3.05) is 24.4 Å². The first-order valence-electron chi connectivity index (χ1n) is 7.41. The van der Waals surface area contributed by atoms with E-state index in [-0.39, 0.29) is 17.1 Å². The van der Waals surface area contributed by atoms with Crippen LogP contribution in [0.15, 0.2) is 0 Å². The van der Waals surface area contributed by atoms with Crippen molar-refractivity contribution in [3.05, 3.63) is 0 Å². The maximum atomic E-state index is 6.16. The Morgan fingerprint density at radius 2 is 2.11 bits per heavy atom. The maximum absolute atomic E-state index is 6.16. The summed E-state index contributed by atoms with van der Waals surface area (Å²) in [6.07, 6.45) is 5.85. The average Bonchev–Trinajstić information content (AvgIpc) is 2.71. The molecule has 1 aliphatic heterocycles. The molecule has 2 nitrogen and oxygen atoms in total. The predicted octanol–water partition coefficient (Wildman–Crippen LogP) is 4.59. The van der Waals surface area contributed by atoms with Gasteiger partial charge >= 0.3 is 0 Å². The van der Waals surface area contributed by atoms with Gasteiger partial charge in [0.25, 0.3) is 0 Å². The number of ether oxygens (including phenoxy) is 2. The highest BCUT2D eigenvalue weighted by Gasteiger charge is 2.53. The molecule has 112 valence electrons. The third-order valence-electron chi connectivity index (χ3n) is 5.51. The second-order valence-corrected chi connectivity index (χ2v) is 7.48. The van der Waals surface area contributed by atoms with E-state index >= 15 is 0 Å². The minimum atomic E-state index is 0.0141. The number of rotatable bonds is 5. The van der Waals surface area contributed by atoms with Gasteiger partial charge in [0.05, 0.1) is 6.61 Å². The Hall–Kier alpha value is 0.690. The average molecular weight is 354 g/mol. The number of halogens is 2. The van der Waals surface area contributed by atoms with Gasteiger partial charge in [0.2, 0.25) is 0 Å². The molecular formula is C15H26BrClO2. The van der Waals surface area contributed by atoms with Gasteiger partial charge in [-0.25, -0.2) is 0 Å². The van der Waals surface area contributed by atoms with Crippen LogP contribution >= 0.6 is 27.5 Å². The monoisotopic (exact) mass is 352 g/mol. The molecule has 0 N–H and O–H groups in total. The second kappa shape index (κ2) is 6.64. The highest BCUT2D eigenvalue weighted by atomic mass is 79.9. The number of hydrogen-bond acceptors (Lipinski definition) is 2. The molecule has 1 aliphatic carbocycles. The lowest BCUT2D eigenvalue weighted by molar-refractivity contribution is -0.186. The van der Waals surface area contributed by atoms with Crippen LogP contribution < -0.4 is 0 Å². The Morgan fingerprint density at radius 3 is 2.68 bits per heavy atom. The van der Waals surface area contributed by atoms with Gasteiger partial charge in [0, 0.05) is 17.8 Å². The molecule has 0 bridgehead atoms. The van der Waals surface area contributed by atoms with Crippen LogP contribution in [-0.4, -0.2) is 30.7 Å². The van der Waals surface area contributed by atoms with E-state index in [9.17, 15) is 0 Å². The lowest BCUT2D eigenvalue weighted by Gasteiger charge is -2.43. The van der Waals surface area contributed by atoms with Crippen LogP contribution in [-0.2, 0) is 9.47 Å². The van der Waals surface area contributed by atoms with E-state index in [1.165, 1.54) is 25.7 Å². The Bertz CT molecular complexity index is 296. The van der Waals surface area contributed by atoms with Crippen molar-refractivity contribution in [2.24, 2.45) is 16.7 Å². The van der Waals surface area contributed by atoms with E-state index in [1.54, 1.807) is 0 Å².